The van der Waals surface area contributed by atoms with Crippen molar-refractivity contribution in [2.24, 2.45) is 0 Å². The van der Waals surface area contributed by atoms with Crippen LogP contribution in [-0.2, 0) is 0 Å². The third-order valence-corrected chi connectivity index (χ3v) is 3.67. The molecule has 3 aliphatic rings. The number of nitrogens with zero attached hydrogens (tertiary/aromatic N) is 1. The van der Waals surface area contributed by atoms with Crippen LogP contribution in [0.2, 0.25) is 0 Å². The first-order valence-electron chi connectivity index (χ1n) is 5.93. The highest BCUT2D eigenvalue weighted by Crippen LogP contribution is 2.40. The van der Waals surface area contributed by atoms with Gasteiger partial charge in [0.25, 0.3) is 0 Å². The summed E-state index contributed by atoms with van der Waals surface area (Å²) in [5.74, 6) is 0. The molecule has 3 rings (SSSR count). The van der Waals surface area contributed by atoms with Crippen molar-refractivity contribution in [1.29, 1.82) is 0 Å². The zero-order valence-electron chi connectivity index (χ0n) is 8.34. The van der Waals surface area contributed by atoms with Crippen molar-refractivity contribution in [3.63, 3.8) is 0 Å². The minimum Gasteiger partial charge on any atom is -0.317 e. The molecule has 0 atom stereocenters. The average molecular weight is 180 g/mol. The van der Waals surface area contributed by atoms with Gasteiger partial charge in [-0.2, -0.15) is 0 Å². The van der Waals surface area contributed by atoms with Crippen LogP contribution in [0.1, 0.15) is 38.5 Å². The van der Waals surface area contributed by atoms with Crippen LogP contribution in [-0.4, -0.2) is 36.1 Å². The molecule has 0 unspecified atom stereocenters. The zero-order chi connectivity index (χ0) is 8.67. The first kappa shape index (κ1) is 8.25. The molecule has 0 radical (unpaired) electrons. The van der Waals surface area contributed by atoms with Crippen molar-refractivity contribution in [3.05, 3.63) is 0 Å². The van der Waals surface area contributed by atoms with Crippen LogP contribution in [0.5, 0.6) is 0 Å². The van der Waals surface area contributed by atoms with E-state index in [0.29, 0.717) is 0 Å². The van der Waals surface area contributed by atoms with Gasteiger partial charge in [-0.25, -0.2) is 0 Å². The molecule has 0 aromatic carbocycles. The van der Waals surface area contributed by atoms with Crippen LogP contribution in [0.25, 0.3) is 0 Å². The normalized spacial score (nSPS) is 31.2. The van der Waals surface area contributed by atoms with Crippen molar-refractivity contribution >= 4 is 0 Å². The third-order valence-electron chi connectivity index (χ3n) is 3.67. The Hall–Kier alpha value is -0.0800. The molecule has 0 aromatic heterocycles. The highest BCUT2D eigenvalue weighted by Gasteiger charge is 2.42. The summed E-state index contributed by atoms with van der Waals surface area (Å²) in [6.45, 7) is 2.50. The smallest absolute Gasteiger partial charge is 0.0125 e. The maximum atomic E-state index is 3.46. The highest BCUT2D eigenvalue weighted by molar-refractivity contribution is 4.98. The minimum absolute atomic E-state index is 0.932. The summed E-state index contributed by atoms with van der Waals surface area (Å²) in [7, 11) is 0. The quantitative estimate of drug-likeness (QED) is 0.705. The van der Waals surface area contributed by atoms with Gasteiger partial charge in [-0.15, -0.1) is 0 Å². The summed E-state index contributed by atoms with van der Waals surface area (Å²) >= 11 is 0. The lowest BCUT2D eigenvalue weighted by molar-refractivity contribution is 0.144. The Balaban J connectivity index is 1.64. The average Bonchev–Trinajstić information content (AvgIpc) is 3.00. The first-order valence-corrected chi connectivity index (χ1v) is 5.93. The highest BCUT2D eigenvalue weighted by atomic mass is 15.3. The summed E-state index contributed by atoms with van der Waals surface area (Å²) < 4.78 is 0. The molecule has 1 saturated heterocycles. The van der Waals surface area contributed by atoms with Gasteiger partial charge in [0.1, 0.15) is 0 Å². The molecule has 74 valence electrons. The lowest BCUT2D eigenvalue weighted by atomic mass is 10.0. The zero-order valence-corrected chi connectivity index (χ0v) is 8.34. The van der Waals surface area contributed by atoms with Crippen molar-refractivity contribution < 1.29 is 0 Å². The molecule has 1 heterocycles. The van der Waals surface area contributed by atoms with Crippen molar-refractivity contribution in [1.82, 2.24) is 10.2 Å². The van der Waals surface area contributed by atoms with E-state index in [1.807, 2.05) is 0 Å². The van der Waals surface area contributed by atoms with E-state index in [-0.39, 0.29) is 0 Å². The van der Waals surface area contributed by atoms with Crippen LogP contribution in [0.3, 0.4) is 0 Å². The monoisotopic (exact) mass is 180 g/mol. The van der Waals surface area contributed by atoms with Crippen molar-refractivity contribution in [2.75, 3.05) is 13.1 Å². The maximum Gasteiger partial charge on any atom is 0.0125 e. The van der Waals surface area contributed by atoms with Crippen LogP contribution >= 0.6 is 0 Å². The summed E-state index contributed by atoms with van der Waals surface area (Å²) in [5, 5.41) is 3.46. The lowest BCUT2D eigenvalue weighted by Crippen LogP contribution is -2.45. The molecule has 2 nitrogen and oxygen atoms in total. The molecule has 3 fully saturated rings. The fourth-order valence-corrected chi connectivity index (χ4v) is 2.74. The van der Waals surface area contributed by atoms with E-state index in [2.05, 4.69) is 10.2 Å². The maximum absolute atomic E-state index is 3.46. The molecule has 0 bridgehead atoms. The Bertz CT molecular complexity index is 167. The standard InChI is InChI=1S/C11H20N2/c1-2-9(1)13(10-3-4-10)11-5-7-12-8-6-11/h9-12H,1-8H2. The van der Waals surface area contributed by atoms with Gasteiger partial charge in [-0.05, 0) is 51.6 Å². The molecule has 0 aromatic rings. The minimum atomic E-state index is 0.932. The largest absolute Gasteiger partial charge is 0.317 e. The van der Waals surface area contributed by atoms with E-state index in [0.717, 1.165) is 18.1 Å². The second kappa shape index (κ2) is 3.25. The van der Waals surface area contributed by atoms with E-state index >= 15 is 0 Å². The predicted molar refractivity (Wildman–Crippen MR) is 53.8 cm³/mol. The van der Waals surface area contributed by atoms with Gasteiger partial charge in [0.2, 0.25) is 0 Å². The SMILES string of the molecule is C1CC(N(C2CC2)C2CC2)CCN1. The molecule has 13 heavy (non-hydrogen) atoms. The van der Waals surface area contributed by atoms with E-state index in [1.54, 1.807) is 0 Å². The molecule has 2 heteroatoms. The van der Waals surface area contributed by atoms with Gasteiger partial charge in [-0.3, -0.25) is 4.90 Å². The van der Waals surface area contributed by atoms with Gasteiger partial charge < -0.3 is 5.32 Å². The molecule has 2 aliphatic carbocycles. The predicted octanol–water partition coefficient (Wildman–Crippen LogP) is 1.37. The van der Waals surface area contributed by atoms with E-state index in [1.165, 1.54) is 51.6 Å². The summed E-state index contributed by atoms with van der Waals surface area (Å²) in [6, 6.07) is 2.92. The van der Waals surface area contributed by atoms with Gasteiger partial charge >= 0.3 is 0 Å². The second-order valence-electron chi connectivity index (χ2n) is 4.89. The number of hydrogen-bond acceptors (Lipinski definition) is 2. The van der Waals surface area contributed by atoms with E-state index in [4.69, 9.17) is 0 Å². The fourth-order valence-electron chi connectivity index (χ4n) is 2.74. The van der Waals surface area contributed by atoms with Crippen LogP contribution < -0.4 is 5.32 Å². The van der Waals surface area contributed by atoms with Crippen LogP contribution in [0, 0.1) is 0 Å². The summed E-state index contributed by atoms with van der Waals surface area (Å²) in [5.41, 5.74) is 0. The van der Waals surface area contributed by atoms with Gasteiger partial charge in [0, 0.05) is 18.1 Å². The van der Waals surface area contributed by atoms with Gasteiger partial charge in [-0.1, -0.05) is 0 Å². The van der Waals surface area contributed by atoms with Crippen LogP contribution in [0.15, 0.2) is 0 Å². The topological polar surface area (TPSA) is 15.3 Å². The van der Waals surface area contributed by atoms with Crippen molar-refractivity contribution in [2.45, 2.75) is 56.7 Å². The number of hydrogen-bond donors (Lipinski definition) is 1. The molecular weight excluding hydrogens is 160 g/mol. The second-order valence-corrected chi connectivity index (χ2v) is 4.89. The molecule has 1 N–H and O–H groups in total. The van der Waals surface area contributed by atoms with Gasteiger partial charge in [0.05, 0.1) is 0 Å². The first-order chi connectivity index (χ1) is 6.45. The Kier molecular flexibility index (Phi) is 2.06. The van der Waals surface area contributed by atoms with E-state index < -0.39 is 0 Å². The Morgan fingerprint density at radius 1 is 0.692 bits per heavy atom. The number of nitrogens with one attached hydrogen (secondary N) is 1. The molecule has 0 amide bonds. The molecular formula is C11H20N2. The molecule has 2 saturated carbocycles. The van der Waals surface area contributed by atoms with Crippen LogP contribution in [0.4, 0.5) is 0 Å². The fraction of sp³-hybridized carbons (Fsp3) is 1.00. The molecule has 0 spiro atoms. The number of rotatable bonds is 3. The Morgan fingerprint density at radius 2 is 1.15 bits per heavy atom. The Morgan fingerprint density at radius 3 is 1.62 bits per heavy atom. The van der Waals surface area contributed by atoms with Crippen molar-refractivity contribution in [3.8, 4) is 0 Å². The summed E-state index contributed by atoms with van der Waals surface area (Å²) in [6.07, 6.45) is 8.74. The van der Waals surface area contributed by atoms with Gasteiger partial charge in [0.15, 0.2) is 0 Å². The molecule has 1 aliphatic heterocycles. The lowest BCUT2D eigenvalue weighted by Gasteiger charge is -2.35. The van der Waals surface area contributed by atoms with E-state index in [9.17, 15) is 0 Å². The third kappa shape index (κ3) is 1.75. The number of piperidine rings is 1. The summed E-state index contributed by atoms with van der Waals surface area (Å²) in [4.78, 5) is 2.88. The Labute approximate surface area is 80.7 Å².